The maximum Gasteiger partial charge on any atom is 0.292 e. The van der Waals surface area contributed by atoms with Crippen molar-refractivity contribution in [1.29, 1.82) is 0 Å². The van der Waals surface area contributed by atoms with Gasteiger partial charge in [-0.1, -0.05) is 39.1 Å². The summed E-state index contributed by atoms with van der Waals surface area (Å²) < 4.78 is 11.4. The molecule has 0 aromatic heterocycles. The van der Waals surface area contributed by atoms with E-state index in [0.29, 0.717) is 46.4 Å². The second kappa shape index (κ2) is 5.46. The number of nitrogens with zero attached hydrogens (tertiary/aromatic N) is 1. The van der Waals surface area contributed by atoms with Crippen LogP contribution in [0.4, 0.5) is 5.69 Å². The number of anilines is 1. The molecule has 2 aliphatic rings. The highest BCUT2D eigenvalue weighted by Gasteiger charge is 2.55. The van der Waals surface area contributed by atoms with Crippen LogP contribution in [0.5, 0.6) is 0 Å². The lowest BCUT2D eigenvalue weighted by molar-refractivity contribution is -0.256. The van der Waals surface area contributed by atoms with Gasteiger partial charge < -0.3 is 14.4 Å². The van der Waals surface area contributed by atoms with E-state index in [-0.39, 0.29) is 5.91 Å². The molecular weight excluding hydrogens is 369 g/mol. The molecule has 0 atom stereocenters. The Kier molecular flexibility index (Phi) is 3.99. The normalized spacial score (nSPS) is 20.6. The van der Waals surface area contributed by atoms with Gasteiger partial charge in [0.15, 0.2) is 0 Å². The van der Waals surface area contributed by atoms with Crippen molar-refractivity contribution in [2.24, 2.45) is 0 Å². The molecule has 4 nitrogen and oxygen atoms in total. The maximum absolute atomic E-state index is 12.7. The van der Waals surface area contributed by atoms with Crippen LogP contribution < -0.4 is 4.90 Å². The molecule has 0 radical (unpaired) electrons. The monoisotopic (exact) mass is 379 g/mol. The van der Waals surface area contributed by atoms with Crippen LogP contribution in [0.1, 0.15) is 12.0 Å². The largest absolute Gasteiger partial charge is 0.338 e. The van der Waals surface area contributed by atoms with E-state index in [4.69, 9.17) is 32.7 Å². The third kappa shape index (κ3) is 1.99. The molecule has 1 aromatic carbocycles. The Morgan fingerprint density at radius 3 is 2.65 bits per heavy atom. The smallest absolute Gasteiger partial charge is 0.292 e. The number of halogens is 3. The van der Waals surface area contributed by atoms with Crippen LogP contribution in [-0.2, 0) is 20.1 Å². The van der Waals surface area contributed by atoms with Gasteiger partial charge in [-0.3, -0.25) is 4.79 Å². The highest BCUT2D eigenvalue weighted by molar-refractivity contribution is 9.09. The van der Waals surface area contributed by atoms with Gasteiger partial charge in [0.1, 0.15) is 0 Å². The second-order valence-corrected chi connectivity index (χ2v) is 6.15. The van der Waals surface area contributed by atoms with E-state index in [1.165, 1.54) is 0 Å². The lowest BCUT2D eigenvalue weighted by atomic mass is 10.1. The Bertz CT molecular complexity index is 561. The van der Waals surface area contributed by atoms with Gasteiger partial charge in [-0.2, -0.15) is 0 Å². The number of rotatable bonds is 2. The minimum Gasteiger partial charge on any atom is -0.338 e. The first kappa shape index (κ1) is 14.6. The lowest BCUT2D eigenvalue weighted by Gasteiger charge is -2.32. The van der Waals surface area contributed by atoms with Crippen LogP contribution in [0, 0.1) is 0 Å². The third-order valence-electron chi connectivity index (χ3n) is 3.43. The predicted molar refractivity (Wildman–Crippen MR) is 80.8 cm³/mol. The SMILES string of the molecule is O=C1N(CCBr)c2c(ccc(Cl)c2Cl)C12OCCCO2. The van der Waals surface area contributed by atoms with E-state index >= 15 is 0 Å². The molecule has 1 amide bonds. The summed E-state index contributed by atoms with van der Waals surface area (Å²) in [7, 11) is 0. The quantitative estimate of drug-likeness (QED) is 0.738. The average molecular weight is 381 g/mol. The van der Waals surface area contributed by atoms with Gasteiger partial charge in [0.25, 0.3) is 11.7 Å². The number of hydrogen-bond donors (Lipinski definition) is 0. The Hall–Kier alpha value is -0.330. The molecular formula is C13H12BrCl2NO3. The number of hydrogen-bond acceptors (Lipinski definition) is 3. The van der Waals surface area contributed by atoms with Gasteiger partial charge in [-0.25, -0.2) is 0 Å². The number of alkyl halides is 1. The first-order chi connectivity index (χ1) is 9.62. The van der Waals surface area contributed by atoms with Crippen LogP contribution in [0.25, 0.3) is 0 Å². The van der Waals surface area contributed by atoms with E-state index < -0.39 is 5.79 Å². The van der Waals surface area contributed by atoms with Crippen LogP contribution in [0.3, 0.4) is 0 Å². The van der Waals surface area contributed by atoms with E-state index in [0.717, 1.165) is 6.42 Å². The van der Waals surface area contributed by atoms with Crippen LogP contribution >= 0.6 is 39.1 Å². The fraction of sp³-hybridized carbons (Fsp3) is 0.462. The maximum atomic E-state index is 12.7. The van der Waals surface area contributed by atoms with Crippen LogP contribution in [0.15, 0.2) is 12.1 Å². The van der Waals surface area contributed by atoms with E-state index in [9.17, 15) is 4.79 Å². The average Bonchev–Trinajstić information content (AvgIpc) is 2.68. The second-order valence-electron chi connectivity index (χ2n) is 4.57. The molecule has 0 saturated carbocycles. The Morgan fingerprint density at radius 1 is 1.30 bits per heavy atom. The van der Waals surface area contributed by atoms with Crippen molar-refractivity contribution in [2.45, 2.75) is 12.2 Å². The van der Waals surface area contributed by atoms with Gasteiger partial charge >= 0.3 is 0 Å². The zero-order chi connectivity index (χ0) is 14.3. The Morgan fingerprint density at radius 2 is 2.00 bits per heavy atom. The first-order valence-electron chi connectivity index (χ1n) is 6.26. The number of ether oxygens (including phenoxy) is 2. The number of amides is 1. The molecule has 20 heavy (non-hydrogen) atoms. The van der Waals surface area contributed by atoms with Gasteiger partial charge in [0.2, 0.25) is 0 Å². The molecule has 0 bridgehead atoms. The summed E-state index contributed by atoms with van der Waals surface area (Å²) in [6.45, 7) is 1.43. The summed E-state index contributed by atoms with van der Waals surface area (Å²) in [5.74, 6) is -1.60. The summed E-state index contributed by atoms with van der Waals surface area (Å²) in [5.41, 5.74) is 1.23. The molecule has 0 N–H and O–H groups in total. The lowest BCUT2D eigenvalue weighted by Crippen LogP contribution is -2.47. The highest BCUT2D eigenvalue weighted by Crippen LogP contribution is 2.50. The number of benzene rings is 1. The van der Waals surface area contributed by atoms with Crippen molar-refractivity contribution in [2.75, 3.05) is 30.0 Å². The standard InChI is InChI=1S/C13H12BrCl2NO3/c14-4-5-17-11-8(2-3-9(15)10(11)16)13(12(17)18)19-6-1-7-20-13/h2-3H,1,4-7H2. The highest BCUT2D eigenvalue weighted by atomic mass is 79.9. The molecule has 7 heteroatoms. The molecule has 108 valence electrons. The van der Waals surface area contributed by atoms with Crippen molar-refractivity contribution < 1.29 is 14.3 Å². The molecule has 0 aliphatic carbocycles. The number of fused-ring (bicyclic) bond motifs is 2. The molecule has 1 fully saturated rings. The minimum atomic E-state index is -1.36. The van der Waals surface area contributed by atoms with Gasteiger partial charge in [0, 0.05) is 17.4 Å². The van der Waals surface area contributed by atoms with Gasteiger partial charge in [-0.05, 0) is 18.6 Å². The zero-order valence-electron chi connectivity index (χ0n) is 10.5. The predicted octanol–water partition coefficient (Wildman–Crippen LogP) is 3.32. The molecule has 1 spiro atoms. The molecule has 1 aromatic rings. The minimum absolute atomic E-state index is 0.240. The summed E-state index contributed by atoms with van der Waals surface area (Å²) in [5, 5.41) is 1.38. The molecule has 2 aliphatic heterocycles. The number of carbonyl (C=O) groups is 1. The fourth-order valence-corrected chi connectivity index (χ4v) is 3.35. The molecule has 0 unspecified atom stereocenters. The topological polar surface area (TPSA) is 38.8 Å². The van der Waals surface area contributed by atoms with Crippen molar-refractivity contribution in [3.05, 3.63) is 27.7 Å². The fourth-order valence-electron chi connectivity index (χ4n) is 2.57. The van der Waals surface area contributed by atoms with Crippen molar-refractivity contribution >= 4 is 50.7 Å². The summed E-state index contributed by atoms with van der Waals surface area (Å²) in [6, 6.07) is 3.41. The Balaban J connectivity index is 2.18. The van der Waals surface area contributed by atoms with Crippen molar-refractivity contribution in [1.82, 2.24) is 0 Å². The zero-order valence-corrected chi connectivity index (χ0v) is 13.6. The van der Waals surface area contributed by atoms with E-state index in [2.05, 4.69) is 15.9 Å². The van der Waals surface area contributed by atoms with Crippen molar-refractivity contribution in [3.8, 4) is 0 Å². The van der Waals surface area contributed by atoms with Gasteiger partial charge in [0.05, 0.1) is 28.9 Å². The third-order valence-corrected chi connectivity index (χ3v) is 4.58. The molecule has 3 rings (SSSR count). The van der Waals surface area contributed by atoms with E-state index in [1.54, 1.807) is 17.0 Å². The molecule has 2 heterocycles. The Labute approximate surface area is 135 Å². The summed E-state index contributed by atoms with van der Waals surface area (Å²) in [4.78, 5) is 14.3. The summed E-state index contributed by atoms with van der Waals surface area (Å²) in [6.07, 6.45) is 0.768. The van der Waals surface area contributed by atoms with E-state index in [1.807, 2.05) is 0 Å². The van der Waals surface area contributed by atoms with Crippen LogP contribution in [0.2, 0.25) is 10.0 Å². The first-order valence-corrected chi connectivity index (χ1v) is 8.14. The summed E-state index contributed by atoms with van der Waals surface area (Å²) >= 11 is 15.7. The molecule has 1 saturated heterocycles. The van der Waals surface area contributed by atoms with Crippen molar-refractivity contribution in [3.63, 3.8) is 0 Å². The van der Waals surface area contributed by atoms with Gasteiger partial charge in [-0.15, -0.1) is 0 Å². The number of carbonyl (C=O) groups excluding carboxylic acids is 1. The van der Waals surface area contributed by atoms with Crippen LogP contribution in [-0.4, -0.2) is 31.0 Å².